The van der Waals surface area contributed by atoms with E-state index in [1.54, 1.807) is 4.90 Å². The van der Waals surface area contributed by atoms with Crippen LogP contribution < -0.4 is 20.8 Å². The fourth-order valence-electron chi connectivity index (χ4n) is 3.88. The summed E-state index contributed by atoms with van der Waals surface area (Å²) in [5.41, 5.74) is 0.272. The van der Waals surface area contributed by atoms with Crippen LogP contribution >= 0.6 is 0 Å². The number of anilines is 2. The van der Waals surface area contributed by atoms with Gasteiger partial charge in [-0.1, -0.05) is 36.3 Å². The number of alkyl halides is 3. The van der Waals surface area contributed by atoms with Crippen molar-refractivity contribution in [2.75, 3.05) is 36.1 Å². The van der Waals surface area contributed by atoms with Gasteiger partial charge in [-0.25, -0.2) is 9.78 Å². The van der Waals surface area contributed by atoms with Crippen LogP contribution in [0.4, 0.5) is 24.7 Å². The summed E-state index contributed by atoms with van der Waals surface area (Å²) in [7, 11) is 0. The van der Waals surface area contributed by atoms with E-state index in [0.717, 1.165) is 17.0 Å². The molecular formula is C21H21F3N6O3. The monoisotopic (exact) mass is 462 g/mol. The number of carbonyl (C=O) groups is 1. The molecule has 9 nitrogen and oxygen atoms in total. The molecule has 1 fully saturated rings. The lowest BCUT2D eigenvalue weighted by Gasteiger charge is -2.40. The number of aromatic nitrogens is 2. The number of fused-ring (bicyclic) bond motifs is 1. The predicted octanol–water partition coefficient (Wildman–Crippen LogP) is 0.912. The molecule has 0 radical (unpaired) electrons. The number of benzene rings is 1. The maximum atomic E-state index is 13.3. The van der Waals surface area contributed by atoms with Crippen molar-refractivity contribution in [1.82, 2.24) is 19.8 Å². The van der Waals surface area contributed by atoms with Crippen molar-refractivity contribution in [3.05, 3.63) is 52.6 Å². The Morgan fingerprint density at radius 2 is 1.94 bits per heavy atom. The van der Waals surface area contributed by atoms with Gasteiger partial charge in [-0.15, -0.1) is 11.5 Å². The fraction of sp³-hybridized carbons (Fsp3) is 0.381. The molecule has 4 rings (SSSR count). The maximum Gasteiger partial charge on any atom is 0.493 e. The Labute approximate surface area is 187 Å². The van der Waals surface area contributed by atoms with E-state index in [9.17, 15) is 22.8 Å². The molecule has 1 aromatic heterocycles. The first-order valence-corrected chi connectivity index (χ1v) is 10.2. The quantitative estimate of drug-likeness (QED) is 0.657. The van der Waals surface area contributed by atoms with Crippen LogP contribution in [0.5, 0.6) is 0 Å². The molecule has 3 heterocycles. The zero-order valence-corrected chi connectivity index (χ0v) is 17.5. The standard InChI is InChI=1S/C21H21F3N6O3/c1-2-10-28-14-26-17-16(18(28)31)29(13-15-6-4-3-5-7-15)20(27-11-8-25-9-12-27)30(17)33-19(32)21(22,23)24/h1,3-7,14,20,25H,8-13H2. The SMILES string of the molecule is C#CCn1cnc2c(c1=O)N(Cc1ccccc1)C(N1CCNCC1)N2OC(=O)C(F)(F)F. The molecule has 0 amide bonds. The summed E-state index contributed by atoms with van der Waals surface area (Å²) in [5.74, 6) is -0.218. The number of nitrogens with one attached hydrogen (secondary N) is 1. The first kappa shape index (κ1) is 22.6. The smallest absolute Gasteiger partial charge is 0.327 e. The molecule has 1 aromatic carbocycles. The number of hydrogen-bond donors (Lipinski definition) is 1. The van der Waals surface area contributed by atoms with Gasteiger partial charge in [0.2, 0.25) is 0 Å². The number of piperazine rings is 1. The number of hydrogen-bond acceptors (Lipinski definition) is 8. The van der Waals surface area contributed by atoms with E-state index < -0.39 is 24.0 Å². The third kappa shape index (κ3) is 4.50. The topological polar surface area (TPSA) is 82.9 Å². The molecule has 1 unspecified atom stereocenters. The van der Waals surface area contributed by atoms with Crippen molar-refractivity contribution >= 4 is 17.5 Å². The van der Waals surface area contributed by atoms with Gasteiger partial charge < -0.3 is 15.1 Å². The second-order valence-electron chi connectivity index (χ2n) is 7.50. The molecule has 1 N–H and O–H groups in total. The Morgan fingerprint density at radius 3 is 2.58 bits per heavy atom. The number of hydroxylamine groups is 1. The summed E-state index contributed by atoms with van der Waals surface area (Å²) in [6, 6.07) is 9.11. The van der Waals surface area contributed by atoms with Crippen LogP contribution in [0.15, 0.2) is 41.5 Å². The van der Waals surface area contributed by atoms with E-state index >= 15 is 0 Å². The van der Waals surface area contributed by atoms with Crippen molar-refractivity contribution in [1.29, 1.82) is 0 Å². The molecule has 12 heteroatoms. The van der Waals surface area contributed by atoms with E-state index in [2.05, 4.69) is 16.2 Å². The minimum absolute atomic E-state index is 0.00936. The van der Waals surface area contributed by atoms with Crippen LogP contribution in [0.25, 0.3) is 0 Å². The molecule has 174 valence electrons. The van der Waals surface area contributed by atoms with Gasteiger partial charge in [0, 0.05) is 32.7 Å². The molecule has 0 bridgehead atoms. The molecule has 2 aliphatic heterocycles. The van der Waals surface area contributed by atoms with Gasteiger partial charge in [0.05, 0.1) is 6.54 Å². The molecule has 33 heavy (non-hydrogen) atoms. The second kappa shape index (κ2) is 9.13. The van der Waals surface area contributed by atoms with Crippen molar-refractivity contribution in [2.24, 2.45) is 0 Å². The molecule has 0 spiro atoms. The number of rotatable bonds is 5. The largest absolute Gasteiger partial charge is 0.493 e. The maximum absolute atomic E-state index is 13.3. The molecule has 2 aromatic rings. The van der Waals surface area contributed by atoms with E-state index in [4.69, 9.17) is 11.3 Å². The van der Waals surface area contributed by atoms with E-state index in [1.807, 2.05) is 35.2 Å². The van der Waals surface area contributed by atoms with Crippen molar-refractivity contribution < 1.29 is 22.8 Å². The molecule has 1 saturated heterocycles. The highest BCUT2D eigenvalue weighted by Gasteiger charge is 2.50. The normalized spacial score (nSPS) is 18.7. The lowest BCUT2D eigenvalue weighted by atomic mass is 10.2. The molecule has 0 saturated carbocycles. The van der Waals surface area contributed by atoms with Crippen molar-refractivity contribution in [2.45, 2.75) is 25.6 Å². The first-order chi connectivity index (χ1) is 15.8. The molecule has 2 aliphatic rings. The van der Waals surface area contributed by atoms with Gasteiger partial charge in [-0.05, 0) is 5.56 Å². The lowest BCUT2D eigenvalue weighted by Crippen LogP contribution is -2.60. The van der Waals surface area contributed by atoms with Gasteiger partial charge >= 0.3 is 12.1 Å². The second-order valence-corrected chi connectivity index (χ2v) is 7.50. The van der Waals surface area contributed by atoms with Crippen molar-refractivity contribution in [3.8, 4) is 12.3 Å². The molecule has 1 atom stereocenters. The number of carbonyl (C=O) groups excluding carboxylic acids is 1. The van der Waals surface area contributed by atoms with E-state index in [-0.39, 0.29) is 24.6 Å². The van der Waals surface area contributed by atoms with E-state index in [1.165, 1.54) is 4.57 Å². The Bertz CT molecular complexity index is 1110. The van der Waals surface area contributed by atoms with Crippen LogP contribution in [0.1, 0.15) is 5.56 Å². The number of halogens is 3. The minimum atomic E-state index is -5.22. The summed E-state index contributed by atoms with van der Waals surface area (Å²) in [6.07, 6.45) is 0.255. The van der Waals surface area contributed by atoms with E-state index in [0.29, 0.717) is 26.2 Å². The summed E-state index contributed by atoms with van der Waals surface area (Å²) < 4.78 is 40.4. The Morgan fingerprint density at radius 1 is 1.24 bits per heavy atom. The zero-order chi connectivity index (χ0) is 23.6. The summed E-state index contributed by atoms with van der Waals surface area (Å²) >= 11 is 0. The highest BCUT2D eigenvalue weighted by Crippen LogP contribution is 2.38. The van der Waals surface area contributed by atoms with Crippen LogP contribution in [0, 0.1) is 12.3 Å². The van der Waals surface area contributed by atoms with Gasteiger partial charge in [-0.2, -0.15) is 13.2 Å². The third-order valence-electron chi connectivity index (χ3n) is 5.33. The fourth-order valence-corrected chi connectivity index (χ4v) is 3.88. The average Bonchev–Trinajstić information content (AvgIpc) is 3.10. The Hall–Kier alpha value is -3.56. The van der Waals surface area contributed by atoms with Crippen LogP contribution in [0.2, 0.25) is 0 Å². The Balaban J connectivity index is 1.84. The van der Waals surface area contributed by atoms with Crippen LogP contribution in [0.3, 0.4) is 0 Å². The Kier molecular flexibility index (Phi) is 6.26. The van der Waals surface area contributed by atoms with Crippen LogP contribution in [-0.2, 0) is 22.7 Å². The number of terminal acetylenes is 1. The van der Waals surface area contributed by atoms with Crippen molar-refractivity contribution in [3.63, 3.8) is 0 Å². The summed E-state index contributed by atoms with van der Waals surface area (Å²) in [5, 5.41) is 3.95. The van der Waals surface area contributed by atoms with Gasteiger partial charge in [0.25, 0.3) is 5.56 Å². The highest BCUT2D eigenvalue weighted by atomic mass is 19.4. The summed E-state index contributed by atoms with van der Waals surface area (Å²) in [4.78, 5) is 37.5. The number of nitrogens with zero attached hydrogens (tertiary/aromatic N) is 5. The first-order valence-electron chi connectivity index (χ1n) is 10.2. The summed E-state index contributed by atoms with van der Waals surface area (Å²) in [6.45, 7) is 2.13. The third-order valence-corrected chi connectivity index (χ3v) is 5.33. The minimum Gasteiger partial charge on any atom is -0.327 e. The lowest BCUT2D eigenvalue weighted by molar-refractivity contribution is -0.203. The van der Waals surface area contributed by atoms with Crippen LogP contribution in [-0.4, -0.2) is 59.1 Å². The predicted molar refractivity (Wildman–Crippen MR) is 113 cm³/mol. The van der Waals surface area contributed by atoms with Gasteiger partial charge in [0.15, 0.2) is 17.8 Å². The average molecular weight is 462 g/mol. The van der Waals surface area contributed by atoms with Gasteiger partial charge in [-0.3, -0.25) is 14.3 Å². The molecule has 0 aliphatic carbocycles. The zero-order valence-electron chi connectivity index (χ0n) is 17.5. The highest BCUT2D eigenvalue weighted by molar-refractivity contribution is 5.79. The van der Waals surface area contributed by atoms with Gasteiger partial charge in [0.1, 0.15) is 6.33 Å². The molecular weight excluding hydrogens is 441 g/mol.